The number of ether oxygens (including phenoxy) is 1. The molecule has 0 aromatic heterocycles. The molecule has 0 aliphatic heterocycles. The van der Waals surface area contributed by atoms with Crippen LogP contribution < -0.4 is 5.73 Å². The van der Waals surface area contributed by atoms with Crippen LogP contribution in [0, 0.1) is 5.41 Å². The number of rotatable bonds is 5. The molecule has 0 bridgehead atoms. The zero-order chi connectivity index (χ0) is 14.6. The van der Waals surface area contributed by atoms with Crippen molar-refractivity contribution >= 4 is 22.7 Å². The van der Waals surface area contributed by atoms with Gasteiger partial charge in [-0.2, -0.15) is 0 Å². The van der Waals surface area contributed by atoms with Crippen LogP contribution in [0.5, 0.6) is 0 Å². The van der Waals surface area contributed by atoms with Gasteiger partial charge in [-0.1, -0.05) is 41.9 Å². The number of methoxy groups -OCH3 is 1. The van der Waals surface area contributed by atoms with E-state index in [0.29, 0.717) is 25.0 Å². The molecule has 0 atom stereocenters. The molecular weight excluding hydrogens is 276 g/mol. The minimum atomic E-state index is -0.694. The molecule has 4 nitrogen and oxygen atoms in total. The maximum atomic E-state index is 11.8. The molecule has 1 fully saturated rings. The normalized spacial score (nSPS) is 17.7. The monoisotopic (exact) mass is 292 g/mol. The first kappa shape index (κ1) is 14.6. The summed E-state index contributed by atoms with van der Waals surface area (Å²) in [5, 5.41) is 0.277. The topological polar surface area (TPSA) is 64.7 Å². The molecule has 0 saturated heterocycles. The number of halogens is 1. The number of esters is 1. The Morgan fingerprint density at radius 2 is 2.10 bits per heavy atom. The van der Waals surface area contributed by atoms with Crippen molar-refractivity contribution in [1.82, 2.24) is 0 Å². The fourth-order valence-corrected chi connectivity index (χ4v) is 2.46. The lowest BCUT2D eigenvalue weighted by Crippen LogP contribution is -2.24. The maximum Gasteiger partial charge on any atom is 0.316 e. The number of nitrogens with two attached hydrogens (primary N) is 1. The lowest BCUT2D eigenvalue weighted by atomic mass is 9.97. The Kier molecular flexibility index (Phi) is 4.45. The Morgan fingerprint density at radius 3 is 2.60 bits per heavy atom. The quantitative estimate of drug-likeness (QED) is 0.670. The van der Waals surface area contributed by atoms with Crippen LogP contribution in [0.25, 0.3) is 0 Å². The van der Waals surface area contributed by atoms with Crippen LogP contribution in [0.4, 0.5) is 0 Å². The van der Waals surface area contributed by atoms with Gasteiger partial charge >= 0.3 is 5.97 Å². The molecule has 20 heavy (non-hydrogen) atoms. The Balaban J connectivity index is 2.15. The van der Waals surface area contributed by atoms with Gasteiger partial charge in [-0.05, 0) is 18.4 Å². The van der Waals surface area contributed by atoms with Gasteiger partial charge in [0.1, 0.15) is 5.17 Å². The van der Waals surface area contributed by atoms with Gasteiger partial charge in [0.05, 0.1) is 19.1 Å². The van der Waals surface area contributed by atoms with Gasteiger partial charge in [0.2, 0.25) is 0 Å². The van der Waals surface area contributed by atoms with Crippen molar-refractivity contribution < 1.29 is 9.53 Å². The number of hydrogen-bond donors (Lipinski definition) is 1. The largest absolute Gasteiger partial charge is 0.468 e. The summed E-state index contributed by atoms with van der Waals surface area (Å²) in [6.45, 7) is 0.453. The van der Waals surface area contributed by atoms with Crippen LogP contribution in [0.3, 0.4) is 0 Å². The van der Waals surface area contributed by atoms with E-state index in [0.717, 1.165) is 5.56 Å². The van der Waals surface area contributed by atoms with Gasteiger partial charge in [-0.3, -0.25) is 9.79 Å². The molecule has 0 heterocycles. The lowest BCUT2D eigenvalue weighted by Gasteiger charge is -2.15. The van der Waals surface area contributed by atoms with Gasteiger partial charge in [-0.15, -0.1) is 0 Å². The molecule has 0 radical (unpaired) electrons. The highest BCUT2D eigenvalue weighted by Crippen LogP contribution is 2.53. The molecule has 5 heteroatoms. The summed E-state index contributed by atoms with van der Waals surface area (Å²) in [6.07, 6.45) is 2.75. The number of hydrogen-bond acceptors (Lipinski definition) is 4. The number of nitrogens with zero attached hydrogens (tertiary/aromatic N) is 1. The van der Waals surface area contributed by atoms with Crippen LogP contribution in [0.1, 0.15) is 18.4 Å². The van der Waals surface area contributed by atoms with E-state index >= 15 is 0 Å². The van der Waals surface area contributed by atoms with Gasteiger partial charge in [-0.25, -0.2) is 0 Å². The fourth-order valence-electron chi connectivity index (χ4n) is 2.16. The fraction of sp³-hybridized carbons (Fsp3) is 0.333. The van der Waals surface area contributed by atoms with E-state index < -0.39 is 5.41 Å². The zero-order valence-electron chi connectivity index (χ0n) is 11.3. The van der Waals surface area contributed by atoms with E-state index in [1.54, 1.807) is 0 Å². The summed E-state index contributed by atoms with van der Waals surface area (Å²) in [7, 11) is 1.37. The molecular formula is C15H17ClN2O2. The zero-order valence-corrected chi connectivity index (χ0v) is 12.1. The lowest BCUT2D eigenvalue weighted by molar-refractivity contribution is -0.145. The highest BCUT2D eigenvalue weighted by molar-refractivity contribution is 6.70. The van der Waals surface area contributed by atoms with Gasteiger partial charge in [0.25, 0.3) is 0 Å². The smallest absolute Gasteiger partial charge is 0.316 e. The Hall–Kier alpha value is -1.81. The summed E-state index contributed by atoms with van der Waals surface area (Å²) in [4.78, 5) is 16.2. The van der Waals surface area contributed by atoms with E-state index in [-0.39, 0.29) is 11.1 Å². The Morgan fingerprint density at radius 1 is 1.45 bits per heavy atom. The first-order valence-electron chi connectivity index (χ1n) is 6.39. The van der Waals surface area contributed by atoms with Crippen molar-refractivity contribution in [3.63, 3.8) is 0 Å². The van der Waals surface area contributed by atoms with Crippen molar-refractivity contribution in [2.24, 2.45) is 16.1 Å². The van der Waals surface area contributed by atoms with Gasteiger partial charge in [0, 0.05) is 11.8 Å². The van der Waals surface area contributed by atoms with Crippen LogP contribution in [-0.4, -0.2) is 18.2 Å². The third kappa shape index (κ3) is 2.85. The molecule has 0 spiro atoms. The third-order valence-electron chi connectivity index (χ3n) is 3.47. The molecule has 2 rings (SSSR count). The van der Waals surface area contributed by atoms with Gasteiger partial charge < -0.3 is 10.5 Å². The van der Waals surface area contributed by atoms with Crippen molar-refractivity contribution in [1.29, 1.82) is 0 Å². The second-order valence-electron chi connectivity index (χ2n) is 4.75. The average Bonchev–Trinajstić information content (AvgIpc) is 3.27. The summed E-state index contributed by atoms with van der Waals surface area (Å²) in [6, 6.07) is 9.75. The van der Waals surface area contributed by atoms with E-state index in [1.165, 1.54) is 13.3 Å². The summed E-state index contributed by atoms with van der Waals surface area (Å²) < 4.78 is 4.82. The average molecular weight is 293 g/mol. The molecule has 1 aromatic carbocycles. The van der Waals surface area contributed by atoms with E-state index in [1.807, 2.05) is 30.3 Å². The van der Waals surface area contributed by atoms with Crippen molar-refractivity contribution in [2.75, 3.05) is 7.11 Å². The maximum absolute atomic E-state index is 11.8. The van der Waals surface area contributed by atoms with Crippen molar-refractivity contribution in [3.05, 3.63) is 47.7 Å². The predicted octanol–water partition coefficient (Wildman–Crippen LogP) is 2.62. The van der Waals surface area contributed by atoms with E-state index in [2.05, 4.69) is 4.99 Å². The molecule has 1 saturated carbocycles. The number of benzene rings is 1. The summed E-state index contributed by atoms with van der Waals surface area (Å²) >= 11 is 6.22. The highest BCUT2D eigenvalue weighted by Gasteiger charge is 2.55. The number of aliphatic imine (C=N–C) groups is 1. The second kappa shape index (κ2) is 6.09. The molecule has 1 aliphatic carbocycles. The molecule has 1 aromatic rings. The van der Waals surface area contributed by atoms with Crippen LogP contribution in [-0.2, 0) is 16.1 Å². The molecule has 1 aliphatic rings. The first-order chi connectivity index (χ1) is 9.64. The van der Waals surface area contributed by atoms with Crippen molar-refractivity contribution in [2.45, 2.75) is 19.4 Å². The molecule has 106 valence electrons. The molecule has 0 amide bonds. The Labute approximate surface area is 123 Å². The number of carbonyl (C=O) groups is 1. The van der Waals surface area contributed by atoms with E-state index in [9.17, 15) is 4.79 Å². The second-order valence-corrected chi connectivity index (χ2v) is 5.10. The van der Waals surface area contributed by atoms with Crippen LogP contribution in [0.15, 0.2) is 47.1 Å². The predicted molar refractivity (Wildman–Crippen MR) is 79.4 cm³/mol. The minimum absolute atomic E-state index is 0.277. The Bertz CT molecular complexity index is 548. The SMILES string of the molecule is COC(=O)C1(/C(=C/N)C(Cl)=NCc2ccccc2)CC1. The first-order valence-corrected chi connectivity index (χ1v) is 6.77. The molecule has 2 N–H and O–H groups in total. The number of carbonyl (C=O) groups excluding carboxylic acids is 1. The van der Waals surface area contributed by atoms with Gasteiger partial charge in [0.15, 0.2) is 0 Å². The van der Waals surface area contributed by atoms with Crippen LogP contribution in [0.2, 0.25) is 0 Å². The standard InChI is InChI=1S/C15H17ClN2O2/c1-20-14(19)15(7-8-15)12(9-17)13(16)18-10-11-5-3-2-4-6-11/h2-6,9H,7-8,10,17H2,1H3/b12-9+,18-13?. The van der Waals surface area contributed by atoms with Crippen molar-refractivity contribution in [3.8, 4) is 0 Å². The minimum Gasteiger partial charge on any atom is -0.468 e. The molecule has 0 unspecified atom stereocenters. The third-order valence-corrected chi connectivity index (χ3v) is 3.80. The summed E-state index contributed by atoms with van der Waals surface area (Å²) in [5.41, 5.74) is 6.54. The van der Waals surface area contributed by atoms with E-state index in [4.69, 9.17) is 22.1 Å². The summed E-state index contributed by atoms with van der Waals surface area (Å²) in [5.74, 6) is -0.303. The van der Waals surface area contributed by atoms with Crippen LogP contribution >= 0.6 is 11.6 Å². The highest BCUT2D eigenvalue weighted by atomic mass is 35.5.